The molecule has 0 aliphatic rings. The van der Waals surface area contributed by atoms with Crippen LogP contribution in [0.2, 0.25) is 0 Å². The van der Waals surface area contributed by atoms with E-state index in [0.717, 1.165) is 31.4 Å². The standard InChI is InChI=1S/C19H30O2/c1-6-17-9-11-18(12-10-17)21-15-13-16(2)8-7-14-19(3,4)20-5/h9-13H,6-8,14-15H2,1-5H3/b16-13+. The van der Waals surface area contributed by atoms with Gasteiger partial charge in [0.1, 0.15) is 12.4 Å². The third-order valence-corrected chi connectivity index (χ3v) is 3.92. The first kappa shape index (κ1) is 17.8. The Morgan fingerprint density at radius 3 is 2.43 bits per heavy atom. The Morgan fingerprint density at radius 1 is 1.19 bits per heavy atom. The number of benzene rings is 1. The molecule has 0 aromatic heterocycles. The summed E-state index contributed by atoms with van der Waals surface area (Å²) >= 11 is 0. The first-order valence-corrected chi connectivity index (χ1v) is 7.89. The molecule has 1 rings (SSSR count). The Morgan fingerprint density at radius 2 is 1.86 bits per heavy atom. The van der Waals surface area contributed by atoms with Crippen LogP contribution in [0.4, 0.5) is 0 Å². The largest absolute Gasteiger partial charge is 0.490 e. The highest BCUT2D eigenvalue weighted by Gasteiger charge is 2.14. The van der Waals surface area contributed by atoms with E-state index < -0.39 is 0 Å². The molecule has 0 fully saturated rings. The van der Waals surface area contributed by atoms with E-state index >= 15 is 0 Å². The van der Waals surface area contributed by atoms with Crippen molar-refractivity contribution in [3.8, 4) is 5.75 Å². The van der Waals surface area contributed by atoms with E-state index in [1.54, 1.807) is 7.11 Å². The third kappa shape index (κ3) is 7.33. The molecule has 1 aromatic rings. The Bertz CT molecular complexity index is 429. The van der Waals surface area contributed by atoms with E-state index in [9.17, 15) is 0 Å². The lowest BCUT2D eigenvalue weighted by Crippen LogP contribution is -2.21. The Hall–Kier alpha value is -1.28. The Labute approximate surface area is 130 Å². The molecule has 0 saturated carbocycles. The topological polar surface area (TPSA) is 18.5 Å². The maximum absolute atomic E-state index is 5.74. The van der Waals surface area contributed by atoms with E-state index in [1.165, 1.54) is 11.1 Å². The fourth-order valence-electron chi connectivity index (χ4n) is 2.10. The number of rotatable bonds is 9. The second kappa shape index (κ2) is 8.89. The van der Waals surface area contributed by atoms with Crippen LogP contribution in [0.5, 0.6) is 5.75 Å². The molecule has 0 amide bonds. The zero-order valence-electron chi connectivity index (χ0n) is 14.2. The minimum absolute atomic E-state index is 0.0161. The molecule has 0 unspecified atom stereocenters. The summed E-state index contributed by atoms with van der Waals surface area (Å²) in [6, 6.07) is 8.34. The molecular weight excluding hydrogens is 260 g/mol. The zero-order valence-corrected chi connectivity index (χ0v) is 14.2. The minimum atomic E-state index is -0.0161. The van der Waals surface area contributed by atoms with Crippen molar-refractivity contribution in [2.24, 2.45) is 0 Å². The van der Waals surface area contributed by atoms with Gasteiger partial charge in [-0.1, -0.05) is 24.6 Å². The lowest BCUT2D eigenvalue weighted by molar-refractivity contribution is 0.0140. The van der Waals surface area contributed by atoms with Gasteiger partial charge in [0, 0.05) is 7.11 Å². The van der Waals surface area contributed by atoms with Crippen molar-refractivity contribution in [3.63, 3.8) is 0 Å². The normalized spacial score (nSPS) is 12.5. The summed E-state index contributed by atoms with van der Waals surface area (Å²) in [6.45, 7) is 9.24. The van der Waals surface area contributed by atoms with Gasteiger partial charge in [-0.05, 0) is 70.2 Å². The van der Waals surface area contributed by atoms with Crippen molar-refractivity contribution in [1.29, 1.82) is 0 Å². The van der Waals surface area contributed by atoms with Crippen LogP contribution in [-0.4, -0.2) is 19.3 Å². The summed E-state index contributed by atoms with van der Waals surface area (Å²) in [7, 11) is 1.78. The highest BCUT2D eigenvalue weighted by atomic mass is 16.5. The van der Waals surface area contributed by atoms with Crippen LogP contribution in [-0.2, 0) is 11.2 Å². The molecule has 0 atom stereocenters. The smallest absolute Gasteiger partial charge is 0.119 e. The number of hydrogen-bond acceptors (Lipinski definition) is 2. The van der Waals surface area contributed by atoms with Gasteiger partial charge in [-0.25, -0.2) is 0 Å². The molecule has 0 spiro atoms. The predicted octanol–water partition coefficient (Wildman–Crippen LogP) is 5.17. The molecule has 2 heteroatoms. The summed E-state index contributed by atoms with van der Waals surface area (Å²) in [6.07, 6.45) is 6.57. The van der Waals surface area contributed by atoms with E-state index in [-0.39, 0.29) is 5.60 Å². The van der Waals surface area contributed by atoms with Crippen molar-refractivity contribution >= 4 is 0 Å². The molecule has 0 aliphatic carbocycles. The molecule has 21 heavy (non-hydrogen) atoms. The summed E-state index contributed by atoms with van der Waals surface area (Å²) < 4.78 is 11.2. The van der Waals surface area contributed by atoms with Crippen LogP contribution < -0.4 is 4.74 Å². The predicted molar refractivity (Wildman–Crippen MR) is 90.0 cm³/mol. The second-order valence-electron chi connectivity index (χ2n) is 6.18. The average Bonchev–Trinajstić information content (AvgIpc) is 2.48. The van der Waals surface area contributed by atoms with E-state index in [1.807, 2.05) is 12.1 Å². The maximum Gasteiger partial charge on any atom is 0.119 e. The van der Waals surface area contributed by atoms with Crippen LogP contribution in [0, 0.1) is 0 Å². The number of hydrogen-bond donors (Lipinski definition) is 0. The fourth-order valence-corrected chi connectivity index (χ4v) is 2.10. The van der Waals surface area contributed by atoms with Crippen molar-refractivity contribution in [1.82, 2.24) is 0 Å². The summed E-state index contributed by atoms with van der Waals surface area (Å²) in [5, 5.41) is 0. The fraction of sp³-hybridized carbons (Fsp3) is 0.579. The maximum atomic E-state index is 5.74. The van der Waals surface area contributed by atoms with Gasteiger partial charge in [0.25, 0.3) is 0 Å². The molecular formula is C19H30O2. The van der Waals surface area contributed by atoms with Crippen LogP contribution in [0.25, 0.3) is 0 Å². The van der Waals surface area contributed by atoms with Crippen molar-refractivity contribution < 1.29 is 9.47 Å². The Balaban J connectivity index is 2.28. The highest BCUT2D eigenvalue weighted by molar-refractivity contribution is 5.27. The van der Waals surface area contributed by atoms with Gasteiger partial charge in [0.15, 0.2) is 0 Å². The van der Waals surface area contributed by atoms with Gasteiger partial charge in [-0.3, -0.25) is 0 Å². The van der Waals surface area contributed by atoms with Gasteiger partial charge >= 0.3 is 0 Å². The number of ether oxygens (including phenoxy) is 2. The second-order valence-corrected chi connectivity index (χ2v) is 6.18. The Kier molecular flexibility index (Phi) is 7.52. The SMILES string of the molecule is CCc1ccc(OC/C=C(\C)CCCC(C)(C)OC)cc1. The van der Waals surface area contributed by atoms with Crippen molar-refractivity contribution in [3.05, 3.63) is 41.5 Å². The van der Waals surface area contributed by atoms with Crippen LogP contribution in [0.3, 0.4) is 0 Å². The summed E-state index contributed by atoms with van der Waals surface area (Å²) in [5.74, 6) is 0.941. The lowest BCUT2D eigenvalue weighted by Gasteiger charge is -2.22. The first-order valence-electron chi connectivity index (χ1n) is 7.89. The third-order valence-electron chi connectivity index (χ3n) is 3.92. The number of aryl methyl sites for hydroxylation is 1. The van der Waals surface area contributed by atoms with Crippen molar-refractivity contribution in [2.75, 3.05) is 13.7 Å². The van der Waals surface area contributed by atoms with Gasteiger partial charge in [0.2, 0.25) is 0 Å². The zero-order chi connectivity index (χ0) is 15.7. The van der Waals surface area contributed by atoms with E-state index in [4.69, 9.17) is 9.47 Å². The first-order chi connectivity index (χ1) is 9.96. The average molecular weight is 290 g/mol. The van der Waals surface area contributed by atoms with E-state index in [2.05, 4.69) is 45.9 Å². The minimum Gasteiger partial charge on any atom is -0.490 e. The van der Waals surface area contributed by atoms with Gasteiger partial charge < -0.3 is 9.47 Å². The summed E-state index contributed by atoms with van der Waals surface area (Å²) in [5.41, 5.74) is 2.71. The molecule has 0 N–H and O–H groups in total. The molecule has 0 heterocycles. The van der Waals surface area contributed by atoms with Gasteiger partial charge in [-0.15, -0.1) is 0 Å². The van der Waals surface area contributed by atoms with Crippen LogP contribution in [0.1, 0.15) is 52.5 Å². The summed E-state index contributed by atoms with van der Waals surface area (Å²) in [4.78, 5) is 0. The molecule has 0 bridgehead atoms. The molecule has 0 aliphatic heterocycles. The molecule has 0 radical (unpaired) electrons. The van der Waals surface area contributed by atoms with E-state index in [0.29, 0.717) is 6.61 Å². The van der Waals surface area contributed by atoms with Crippen LogP contribution >= 0.6 is 0 Å². The monoisotopic (exact) mass is 290 g/mol. The molecule has 2 nitrogen and oxygen atoms in total. The van der Waals surface area contributed by atoms with Gasteiger partial charge in [-0.2, -0.15) is 0 Å². The molecule has 118 valence electrons. The quantitative estimate of drug-likeness (QED) is 0.584. The highest BCUT2D eigenvalue weighted by Crippen LogP contribution is 2.19. The number of methoxy groups -OCH3 is 1. The number of allylic oxidation sites excluding steroid dienone is 1. The molecule has 1 aromatic carbocycles. The van der Waals surface area contributed by atoms with Gasteiger partial charge in [0.05, 0.1) is 5.60 Å². The van der Waals surface area contributed by atoms with Crippen molar-refractivity contribution in [2.45, 2.75) is 59.0 Å². The van der Waals surface area contributed by atoms with Crippen LogP contribution in [0.15, 0.2) is 35.9 Å². The lowest BCUT2D eigenvalue weighted by atomic mass is 9.99. The molecule has 0 saturated heterocycles.